The minimum absolute atomic E-state index is 0.0982. The Bertz CT molecular complexity index is 1040. The van der Waals surface area contributed by atoms with E-state index in [2.05, 4.69) is 10.6 Å². The van der Waals surface area contributed by atoms with Crippen LogP contribution in [0.25, 0.3) is 0 Å². The fourth-order valence-electron chi connectivity index (χ4n) is 2.99. The van der Waals surface area contributed by atoms with Gasteiger partial charge in [0.1, 0.15) is 5.82 Å². The lowest BCUT2D eigenvalue weighted by molar-refractivity contribution is -0.113. The first-order chi connectivity index (χ1) is 15.0. The Labute approximate surface area is 190 Å². The van der Waals surface area contributed by atoms with Crippen molar-refractivity contribution in [2.45, 2.75) is 18.7 Å². The van der Waals surface area contributed by atoms with Gasteiger partial charge in [-0.05, 0) is 36.8 Å². The second kappa shape index (κ2) is 11.0. The van der Waals surface area contributed by atoms with Crippen LogP contribution in [0.2, 0.25) is 5.02 Å². The Hall–Kier alpha value is -2.83. The third-order valence-electron chi connectivity index (χ3n) is 4.63. The molecular weight excluding hydrogens is 435 g/mol. The molecule has 4 nitrogen and oxygen atoms in total. The monoisotopic (exact) mass is 456 g/mol. The molecule has 0 bridgehead atoms. The Kier molecular flexibility index (Phi) is 8.09. The fraction of sp³-hybridized carbons (Fsp3) is 0.167. The molecule has 0 saturated heterocycles. The highest BCUT2D eigenvalue weighted by Crippen LogP contribution is 2.24. The second-order valence-corrected chi connectivity index (χ2v) is 8.29. The van der Waals surface area contributed by atoms with Gasteiger partial charge in [-0.3, -0.25) is 9.59 Å². The van der Waals surface area contributed by atoms with Gasteiger partial charge in [0.15, 0.2) is 0 Å². The van der Waals surface area contributed by atoms with Crippen LogP contribution in [0.3, 0.4) is 0 Å². The highest BCUT2D eigenvalue weighted by atomic mass is 35.5. The molecule has 0 aromatic heterocycles. The summed E-state index contributed by atoms with van der Waals surface area (Å²) in [6.07, 6.45) is 0. The minimum Gasteiger partial charge on any atom is -0.345 e. The summed E-state index contributed by atoms with van der Waals surface area (Å²) in [4.78, 5) is 25.2. The summed E-state index contributed by atoms with van der Waals surface area (Å²) >= 11 is 7.26. The Morgan fingerprint density at radius 2 is 1.71 bits per heavy atom. The van der Waals surface area contributed by atoms with E-state index in [-0.39, 0.29) is 29.4 Å². The second-order valence-electron chi connectivity index (χ2n) is 6.89. The van der Waals surface area contributed by atoms with E-state index in [0.717, 1.165) is 5.56 Å². The summed E-state index contributed by atoms with van der Waals surface area (Å²) < 4.78 is 13.8. The lowest BCUT2D eigenvalue weighted by Gasteiger charge is -2.16. The molecule has 0 heterocycles. The van der Waals surface area contributed by atoms with E-state index in [1.54, 1.807) is 36.4 Å². The largest absolute Gasteiger partial charge is 0.345 e. The number of nitrogens with one attached hydrogen (secondary N) is 2. The molecule has 3 rings (SSSR count). The molecule has 7 heteroatoms. The van der Waals surface area contributed by atoms with Crippen molar-refractivity contribution in [1.29, 1.82) is 0 Å². The van der Waals surface area contributed by atoms with Crippen molar-refractivity contribution in [3.63, 3.8) is 0 Å². The predicted octanol–water partition coefficient (Wildman–Crippen LogP) is 5.84. The topological polar surface area (TPSA) is 58.2 Å². The number of rotatable bonds is 8. The first kappa shape index (κ1) is 22.8. The Balaban J connectivity index is 1.59. The number of para-hydroxylation sites is 1. The molecule has 0 aliphatic carbocycles. The van der Waals surface area contributed by atoms with Gasteiger partial charge in [-0.2, -0.15) is 0 Å². The van der Waals surface area contributed by atoms with Crippen LogP contribution >= 0.6 is 23.4 Å². The third-order valence-corrected chi connectivity index (χ3v) is 5.95. The van der Waals surface area contributed by atoms with E-state index in [4.69, 9.17) is 11.6 Å². The average Bonchev–Trinajstić information content (AvgIpc) is 2.76. The van der Waals surface area contributed by atoms with Crippen LogP contribution in [-0.2, 0) is 10.5 Å². The number of anilines is 1. The van der Waals surface area contributed by atoms with Crippen molar-refractivity contribution in [2.75, 3.05) is 11.1 Å². The van der Waals surface area contributed by atoms with Crippen LogP contribution in [0.15, 0.2) is 72.8 Å². The SMILES string of the molecule is CC(NC(=O)c1ccccc1NC(=O)CSCc1c(F)cccc1Cl)c1ccccc1. The number of hydrogen-bond acceptors (Lipinski definition) is 3. The van der Waals surface area contributed by atoms with Crippen molar-refractivity contribution in [2.24, 2.45) is 0 Å². The summed E-state index contributed by atoms with van der Waals surface area (Å²) in [7, 11) is 0. The van der Waals surface area contributed by atoms with Gasteiger partial charge < -0.3 is 10.6 Å². The number of halogens is 2. The molecule has 3 aromatic carbocycles. The smallest absolute Gasteiger partial charge is 0.253 e. The van der Waals surface area contributed by atoms with Gasteiger partial charge in [0.05, 0.1) is 23.0 Å². The summed E-state index contributed by atoms with van der Waals surface area (Å²) in [6.45, 7) is 1.90. The van der Waals surface area contributed by atoms with Crippen molar-refractivity contribution >= 4 is 40.9 Å². The molecule has 0 aliphatic heterocycles. The summed E-state index contributed by atoms with van der Waals surface area (Å²) in [5, 5.41) is 6.06. The molecule has 160 valence electrons. The molecule has 1 unspecified atom stereocenters. The van der Waals surface area contributed by atoms with Crippen LogP contribution < -0.4 is 10.6 Å². The molecule has 0 spiro atoms. The normalized spacial score (nSPS) is 11.6. The predicted molar refractivity (Wildman–Crippen MR) is 125 cm³/mol. The molecule has 0 radical (unpaired) electrons. The molecule has 0 fully saturated rings. The number of hydrogen-bond donors (Lipinski definition) is 2. The van der Waals surface area contributed by atoms with Gasteiger partial charge in [0, 0.05) is 16.3 Å². The number of benzene rings is 3. The van der Waals surface area contributed by atoms with Crippen molar-refractivity contribution in [1.82, 2.24) is 5.32 Å². The first-order valence-corrected chi connectivity index (χ1v) is 11.2. The zero-order valence-electron chi connectivity index (χ0n) is 16.9. The maximum Gasteiger partial charge on any atom is 0.253 e. The molecule has 2 N–H and O–H groups in total. The summed E-state index contributed by atoms with van der Waals surface area (Å²) in [5.74, 6) is -0.585. The van der Waals surface area contributed by atoms with Gasteiger partial charge in [-0.1, -0.05) is 60.1 Å². The molecular formula is C24H22ClFN2O2S. The van der Waals surface area contributed by atoms with Gasteiger partial charge in [-0.25, -0.2) is 4.39 Å². The van der Waals surface area contributed by atoms with Crippen molar-refractivity contribution < 1.29 is 14.0 Å². The average molecular weight is 457 g/mol. The van der Waals surface area contributed by atoms with E-state index in [1.807, 2.05) is 37.3 Å². The van der Waals surface area contributed by atoms with Crippen LogP contribution in [0, 0.1) is 5.82 Å². The standard InChI is InChI=1S/C24H22ClFN2O2S/c1-16(17-8-3-2-4-9-17)27-24(30)18-10-5-6-13-22(18)28-23(29)15-31-14-19-20(25)11-7-12-21(19)26/h2-13,16H,14-15H2,1H3,(H,27,30)(H,28,29). The lowest BCUT2D eigenvalue weighted by atomic mass is 10.1. The van der Waals surface area contributed by atoms with E-state index < -0.39 is 5.82 Å². The fourth-order valence-corrected chi connectivity index (χ4v) is 4.16. The first-order valence-electron chi connectivity index (χ1n) is 9.71. The maximum atomic E-state index is 13.8. The Morgan fingerprint density at radius 1 is 1.00 bits per heavy atom. The van der Waals surface area contributed by atoms with E-state index in [0.29, 0.717) is 21.8 Å². The zero-order chi connectivity index (χ0) is 22.2. The van der Waals surface area contributed by atoms with E-state index >= 15 is 0 Å². The molecule has 3 aromatic rings. The molecule has 31 heavy (non-hydrogen) atoms. The van der Waals surface area contributed by atoms with Gasteiger partial charge in [0.25, 0.3) is 5.91 Å². The summed E-state index contributed by atoms with van der Waals surface area (Å²) in [6, 6.07) is 20.8. The van der Waals surface area contributed by atoms with E-state index in [1.165, 1.54) is 17.8 Å². The molecule has 2 amide bonds. The van der Waals surface area contributed by atoms with Crippen LogP contribution in [0.5, 0.6) is 0 Å². The quantitative estimate of drug-likeness (QED) is 0.447. The van der Waals surface area contributed by atoms with Crippen LogP contribution in [-0.4, -0.2) is 17.6 Å². The van der Waals surface area contributed by atoms with E-state index in [9.17, 15) is 14.0 Å². The lowest BCUT2D eigenvalue weighted by Crippen LogP contribution is -2.28. The third kappa shape index (κ3) is 6.32. The maximum absolute atomic E-state index is 13.8. The van der Waals surface area contributed by atoms with Crippen LogP contribution in [0.4, 0.5) is 10.1 Å². The number of carbonyl (C=O) groups excluding carboxylic acids is 2. The van der Waals surface area contributed by atoms with Gasteiger partial charge >= 0.3 is 0 Å². The number of thioether (sulfide) groups is 1. The van der Waals surface area contributed by atoms with Crippen LogP contribution in [0.1, 0.15) is 34.5 Å². The molecule has 0 saturated carbocycles. The number of carbonyl (C=O) groups is 2. The molecule has 1 atom stereocenters. The van der Waals surface area contributed by atoms with Crippen molar-refractivity contribution in [3.05, 3.63) is 100 Å². The van der Waals surface area contributed by atoms with Gasteiger partial charge in [-0.15, -0.1) is 11.8 Å². The Morgan fingerprint density at radius 3 is 2.45 bits per heavy atom. The number of amides is 2. The highest BCUT2D eigenvalue weighted by molar-refractivity contribution is 7.99. The van der Waals surface area contributed by atoms with Crippen molar-refractivity contribution in [3.8, 4) is 0 Å². The zero-order valence-corrected chi connectivity index (χ0v) is 18.5. The summed E-state index contributed by atoms with van der Waals surface area (Å²) in [5.41, 5.74) is 2.16. The molecule has 0 aliphatic rings. The highest BCUT2D eigenvalue weighted by Gasteiger charge is 2.16. The minimum atomic E-state index is -0.394. The van der Waals surface area contributed by atoms with Gasteiger partial charge in [0.2, 0.25) is 5.91 Å².